The van der Waals surface area contributed by atoms with Crippen molar-refractivity contribution >= 4 is 11.9 Å². The van der Waals surface area contributed by atoms with Gasteiger partial charge in [0.05, 0.1) is 13.2 Å². The van der Waals surface area contributed by atoms with Crippen molar-refractivity contribution < 1.29 is 14.3 Å². The van der Waals surface area contributed by atoms with Gasteiger partial charge in [-0.2, -0.15) is 0 Å². The molecule has 2 aromatic heterocycles. The average molecular weight is 319 g/mol. The molecule has 0 fully saturated rings. The highest BCUT2D eigenvalue weighted by Crippen LogP contribution is 2.09. The number of pyridine rings is 1. The number of aromatic nitrogens is 4. The predicted molar refractivity (Wildman–Crippen MR) is 80.3 cm³/mol. The summed E-state index contributed by atoms with van der Waals surface area (Å²) >= 11 is 0. The summed E-state index contributed by atoms with van der Waals surface area (Å²) in [5.41, 5.74) is 0.234. The van der Waals surface area contributed by atoms with Crippen LogP contribution in [0.25, 0.3) is 11.5 Å². The topological polar surface area (TPSA) is 108 Å². The molecule has 0 aliphatic heterocycles. The van der Waals surface area contributed by atoms with Gasteiger partial charge in [-0.1, -0.05) is 6.07 Å². The predicted octanol–water partition coefficient (Wildman–Crippen LogP) is -0.677. The number of hydrogen-bond acceptors (Lipinski definition) is 6. The summed E-state index contributed by atoms with van der Waals surface area (Å²) in [4.78, 5) is 38.8. The van der Waals surface area contributed by atoms with Crippen LogP contribution < -0.4 is 11.0 Å². The molecule has 0 spiro atoms. The van der Waals surface area contributed by atoms with Gasteiger partial charge in [0, 0.05) is 19.8 Å². The van der Waals surface area contributed by atoms with Crippen molar-refractivity contribution in [3.8, 4) is 11.5 Å². The van der Waals surface area contributed by atoms with Gasteiger partial charge in [0.25, 0.3) is 0 Å². The lowest BCUT2D eigenvalue weighted by molar-refractivity contribution is -0.154. The van der Waals surface area contributed by atoms with Crippen LogP contribution in [0.3, 0.4) is 0 Å². The molecule has 0 aromatic carbocycles. The lowest BCUT2D eigenvalue weighted by Gasteiger charge is -2.03. The molecule has 0 saturated heterocycles. The summed E-state index contributed by atoms with van der Waals surface area (Å²) in [7, 11) is 1.59. The zero-order valence-electron chi connectivity index (χ0n) is 12.9. The van der Waals surface area contributed by atoms with Crippen LogP contribution in [0.5, 0.6) is 0 Å². The molecule has 2 rings (SSSR count). The molecule has 1 amide bonds. The Balaban J connectivity index is 2.03. The van der Waals surface area contributed by atoms with E-state index in [9.17, 15) is 14.4 Å². The van der Waals surface area contributed by atoms with Gasteiger partial charge in [0.15, 0.2) is 5.82 Å². The minimum absolute atomic E-state index is 0.0796. The number of nitrogens with one attached hydrogen (secondary N) is 1. The second kappa shape index (κ2) is 7.34. The van der Waals surface area contributed by atoms with Gasteiger partial charge in [-0.25, -0.2) is 14.3 Å². The van der Waals surface area contributed by atoms with Crippen molar-refractivity contribution in [3.63, 3.8) is 0 Å². The maximum atomic E-state index is 12.1. The van der Waals surface area contributed by atoms with E-state index >= 15 is 0 Å². The molecule has 0 saturated carbocycles. The summed E-state index contributed by atoms with van der Waals surface area (Å²) in [5, 5.41) is 6.57. The Morgan fingerprint density at radius 2 is 2.13 bits per heavy atom. The monoisotopic (exact) mass is 319 g/mol. The van der Waals surface area contributed by atoms with Crippen LogP contribution in [-0.4, -0.2) is 44.4 Å². The summed E-state index contributed by atoms with van der Waals surface area (Å²) in [6.45, 7) is 1.94. The zero-order chi connectivity index (χ0) is 16.8. The first-order valence-corrected chi connectivity index (χ1v) is 7.04. The van der Waals surface area contributed by atoms with Crippen LogP contribution in [0.1, 0.15) is 6.92 Å². The van der Waals surface area contributed by atoms with Gasteiger partial charge >= 0.3 is 17.6 Å². The Labute approximate surface area is 131 Å². The number of amides is 1. The highest BCUT2D eigenvalue weighted by atomic mass is 16.5. The molecule has 2 aromatic rings. The van der Waals surface area contributed by atoms with E-state index < -0.39 is 11.9 Å². The second-order valence-electron chi connectivity index (χ2n) is 4.58. The maximum Gasteiger partial charge on any atom is 0.396 e. The van der Waals surface area contributed by atoms with Crippen molar-refractivity contribution in [2.75, 3.05) is 13.2 Å². The SMILES string of the molecule is CCOC(=O)C(=O)NCCn1nc(-c2ccccn2)n(C)c1=O. The van der Waals surface area contributed by atoms with Crippen LogP contribution in [0.2, 0.25) is 0 Å². The lowest BCUT2D eigenvalue weighted by atomic mass is 10.3. The summed E-state index contributed by atoms with van der Waals surface area (Å²) < 4.78 is 7.14. The first-order valence-electron chi connectivity index (χ1n) is 7.04. The summed E-state index contributed by atoms with van der Waals surface area (Å²) in [5.74, 6) is -1.37. The van der Waals surface area contributed by atoms with Gasteiger partial charge in [0.2, 0.25) is 0 Å². The van der Waals surface area contributed by atoms with E-state index in [0.717, 1.165) is 0 Å². The summed E-state index contributed by atoms with van der Waals surface area (Å²) in [6, 6.07) is 5.31. The highest BCUT2D eigenvalue weighted by molar-refractivity contribution is 6.32. The number of ether oxygens (including phenoxy) is 1. The quantitative estimate of drug-likeness (QED) is 0.578. The first kappa shape index (κ1) is 16.4. The Hall–Kier alpha value is -2.97. The van der Waals surface area contributed by atoms with Gasteiger partial charge < -0.3 is 10.1 Å². The Bertz CT molecular complexity index is 750. The number of esters is 1. The maximum absolute atomic E-state index is 12.1. The Morgan fingerprint density at radius 1 is 1.35 bits per heavy atom. The van der Waals surface area contributed by atoms with Crippen LogP contribution in [0, 0.1) is 0 Å². The van der Waals surface area contributed by atoms with E-state index in [0.29, 0.717) is 11.5 Å². The van der Waals surface area contributed by atoms with Crippen molar-refractivity contribution in [3.05, 3.63) is 34.9 Å². The fraction of sp³-hybridized carbons (Fsp3) is 0.357. The van der Waals surface area contributed by atoms with Gasteiger partial charge in [-0.3, -0.25) is 14.3 Å². The molecule has 0 bridgehead atoms. The van der Waals surface area contributed by atoms with Gasteiger partial charge in [-0.15, -0.1) is 5.10 Å². The van der Waals surface area contributed by atoms with E-state index in [4.69, 9.17) is 0 Å². The molecule has 0 atom stereocenters. The van der Waals surface area contributed by atoms with E-state index in [1.54, 1.807) is 38.4 Å². The van der Waals surface area contributed by atoms with Crippen LogP contribution >= 0.6 is 0 Å². The molecule has 9 heteroatoms. The van der Waals surface area contributed by atoms with Gasteiger partial charge in [0.1, 0.15) is 5.69 Å². The number of carbonyl (C=O) groups excluding carboxylic acids is 2. The van der Waals surface area contributed by atoms with Crippen LogP contribution in [-0.2, 0) is 27.9 Å². The third-order valence-electron chi connectivity index (χ3n) is 3.00. The van der Waals surface area contributed by atoms with E-state index in [1.807, 2.05) is 0 Å². The third kappa shape index (κ3) is 3.82. The van der Waals surface area contributed by atoms with Crippen LogP contribution in [0.4, 0.5) is 0 Å². The smallest absolute Gasteiger partial charge is 0.396 e. The largest absolute Gasteiger partial charge is 0.459 e. The molecule has 122 valence electrons. The molecule has 23 heavy (non-hydrogen) atoms. The van der Waals surface area contributed by atoms with Crippen molar-refractivity contribution in [1.82, 2.24) is 24.6 Å². The van der Waals surface area contributed by atoms with E-state index in [-0.39, 0.29) is 25.4 Å². The fourth-order valence-corrected chi connectivity index (χ4v) is 1.90. The molecule has 0 radical (unpaired) electrons. The minimum atomic E-state index is -0.949. The highest BCUT2D eigenvalue weighted by Gasteiger charge is 2.15. The molecule has 9 nitrogen and oxygen atoms in total. The van der Waals surface area contributed by atoms with E-state index in [2.05, 4.69) is 20.1 Å². The molecule has 0 aliphatic carbocycles. The number of nitrogens with zero attached hydrogens (tertiary/aromatic N) is 4. The second-order valence-corrected chi connectivity index (χ2v) is 4.58. The Morgan fingerprint density at radius 3 is 2.78 bits per heavy atom. The summed E-state index contributed by atoms with van der Waals surface area (Å²) in [6.07, 6.45) is 1.61. The van der Waals surface area contributed by atoms with Crippen molar-refractivity contribution in [2.24, 2.45) is 7.05 Å². The third-order valence-corrected chi connectivity index (χ3v) is 3.00. The number of hydrogen-bond donors (Lipinski definition) is 1. The molecular formula is C14H17N5O4. The minimum Gasteiger partial charge on any atom is -0.459 e. The standard InChI is InChI=1S/C14H17N5O4/c1-3-23-13(21)12(20)16-8-9-19-14(22)18(2)11(17-19)10-6-4-5-7-15-10/h4-7H,3,8-9H2,1-2H3,(H,16,20). The lowest BCUT2D eigenvalue weighted by Crippen LogP contribution is -2.36. The Kier molecular flexibility index (Phi) is 5.23. The van der Waals surface area contributed by atoms with Crippen LogP contribution in [0.15, 0.2) is 29.2 Å². The van der Waals surface area contributed by atoms with Crippen molar-refractivity contribution in [2.45, 2.75) is 13.5 Å². The number of rotatable bonds is 5. The number of carbonyl (C=O) groups is 2. The molecule has 2 heterocycles. The van der Waals surface area contributed by atoms with Gasteiger partial charge in [-0.05, 0) is 19.1 Å². The van der Waals surface area contributed by atoms with Crippen molar-refractivity contribution in [1.29, 1.82) is 0 Å². The molecule has 0 unspecified atom stereocenters. The zero-order valence-corrected chi connectivity index (χ0v) is 12.9. The normalized spacial score (nSPS) is 10.3. The average Bonchev–Trinajstić information content (AvgIpc) is 2.84. The molecular weight excluding hydrogens is 302 g/mol. The molecule has 0 aliphatic rings. The fourth-order valence-electron chi connectivity index (χ4n) is 1.90. The van der Waals surface area contributed by atoms with E-state index in [1.165, 1.54) is 9.25 Å². The molecule has 1 N–H and O–H groups in total. The first-order chi connectivity index (χ1) is 11.0.